The van der Waals surface area contributed by atoms with Crippen molar-refractivity contribution in [3.63, 3.8) is 0 Å². The van der Waals surface area contributed by atoms with Gasteiger partial charge in [0.15, 0.2) is 13.5 Å². The smallest absolute Gasteiger partial charge is 0.195 e. The molecule has 0 aliphatic rings. The van der Waals surface area contributed by atoms with Crippen LogP contribution in [-0.2, 0) is 0 Å². The highest BCUT2D eigenvalue weighted by Gasteiger charge is 2.22. The van der Waals surface area contributed by atoms with E-state index in [4.69, 9.17) is 11.6 Å². The van der Waals surface area contributed by atoms with Crippen LogP contribution in [0.25, 0.3) is 11.0 Å². The third-order valence-electron chi connectivity index (χ3n) is 2.19. The summed E-state index contributed by atoms with van der Waals surface area (Å²) in [5.41, 5.74) is 2.14. The zero-order valence-corrected chi connectivity index (χ0v) is 10.3. The van der Waals surface area contributed by atoms with Crippen molar-refractivity contribution in [3.05, 3.63) is 29.5 Å². The number of rotatable bonds is 1. The zero-order chi connectivity index (χ0) is 10.3. The standard InChI is InChI=1S/C10H13ClN2Si/c1-14(2,3)13-9-7-5-4-6-8(9)12-10(13)11/h4-7H,1-3H3. The average Bonchev–Trinajstić information content (AvgIpc) is 2.38. The van der Waals surface area contributed by atoms with Gasteiger partial charge in [0, 0.05) is 0 Å². The minimum Gasteiger partial charge on any atom is -0.343 e. The van der Waals surface area contributed by atoms with Gasteiger partial charge in [-0.15, -0.1) is 0 Å². The molecule has 14 heavy (non-hydrogen) atoms. The van der Waals surface area contributed by atoms with Gasteiger partial charge in [0.1, 0.15) is 0 Å². The van der Waals surface area contributed by atoms with Crippen molar-refractivity contribution in [1.82, 2.24) is 9.22 Å². The highest BCUT2D eigenvalue weighted by Crippen LogP contribution is 2.23. The minimum absolute atomic E-state index is 0.616. The lowest BCUT2D eigenvalue weighted by Gasteiger charge is -2.20. The summed E-state index contributed by atoms with van der Waals surface area (Å²) in [7, 11) is -1.47. The predicted molar refractivity (Wildman–Crippen MR) is 63.5 cm³/mol. The van der Waals surface area contributed by atoms with E-state index in [1.54, 1.807) is 0 Å². The molecule has 0 saturated heterocycles. The minimum atomic E-state index is -1.47. The maximum atomic E-state index is 6.14. The lowest BCUT2D eigenvalue weighted by molar-refractivity contribution is 1.16. The lowest BCUT2D eigenvalue weighted by Crippen LogP contribution is -2.31. The van der Waals surface area contributed by atoms with E-state index in [0.29, 0.717) is 5.28 Å². The molecule has 0 atom stereocenters. The Morgan fingerprint density at radius 2 is 1.86 bits per heavy atom. The second-order valence-corrected chi connectivity index (χ2v) is 9.50. The van der Waals surface area contributed by atoms with Crippen molar-refractivity contribution >= 4 is 30.9 Å². The van der Waals surface area contributed by atoms with E-state index in [-0.39, 0.29) is 0 Å². The second-order valence-electron chi connectivity index (χ2n) is 4.38. The van der Waals surface area contributed by atoms with E-state index in [1.807, 2.05) is 18.2 Å². The van der Waals surface area contributed by atoms with Crippen molar-refractivity contribution in [1.29, 1.82) is 0 Å². The largest absolute Gasteiger partial charge is 0.343 e. The van der Waals surface area contributed by atoms with E-state index >= 15 is 0 Å². The van der Waals surface area contributed by atoms with Crippen LogP contribution in [0.15, 0.2) is 24.3 Å². The molecule has 0 amide bonds. The molecule has 0 fully saturated rings. The first-order chi connectivity index (χ1) is 6.50. The molecule has 2 aromatic rings. The monoisotopic (exact) mass is 224 g/mol. The molecule has 74 valence electrons. The third-order valence-corrected chi connectivity index (χ3v) is 4.38. The molecule has 1 heterocycles. The van der Waals surface area contributed by atoms with Gasteiger partial charge in [-0.05, 0) is 23.7 Å². The summed E-state index contributed by atoms with van der Waals surface area (Å²) in [6, 6.07) is 8.08. The second kappa shape index (κ2) is 3.10. The number of hydrogen-bond donors (Lipinski definition) is 0. The Morgan fingerprint density at radius 3 is 2.50 bits per heavy atom. The third kappa shape index (κ3) is 1.46. The van der Waals surface area contributed by atoms with Crippen LogP contribution in [0, 0.1) is 0 Å². The van der Waals surface area contributed by atoms with Gasteiger partial charge < -0.3 is 4.23 Å². The van der Waals surface area contributed by atoms with Crippen LogP contribution in [-0.4, -0.2) is 17.5 Å². The summed E-state index contributed by atoms with van der Waals surface area (Å²) in [6.07, 6.45) is 0. The zero-order valence-electron chi connectivity index (χ0n) is 8.58. The Labute approximate surface area is 89.6 Å². The molecule has 0 N–H and O–H groups in total. The van der Waals surface area contributed by atoms with E-state index in [9.17, 15) is 0 Å². The summed E-state index contributed by atoms with van der Waals surface area (Å²) in [4.78, 5) is 4.34. The van der Waals surface area contributed by atoms with Gasteiger partial charge in [-0.25, -0.2) is 4.98 Å². The predicted octanol–water partition coefficient (Wildman–Crippen LogP) is 3.37. The maximum absolute atomic E-state index is 6.14. The van der Waals surface area contributed by atoms with Crippen LogP contribution < -0.4 is 0 Å². The molecule has 4 heteroatoms. The highest BCUT2D eigenvalue weighted by molar-refractivity contribution is 6.76. The Morgan fingerprint density at radius 1 is 1.21 bits per heavy atom. The Kier molecular flexibility index (Phi) is 2.16. The van der Waals surface area contributed by atoms with E-state index in [1.165, 1.54) is 0 Å². The van der Waals surface area contributed by atoms with Gasteiger partial charge in [-0.2, -0.15) is 0 Å². The molecule has 1 aromatic carbocycles. The van der Waals surface area contributed by atoms with Gasteiger partial charge in [0.25, 0.3) is 0 Å². The van der Waals surface area contributed by atoms with Crippen molar-refractivity contribution in [2.75, 3.05) is 0 Å². The number of aromatic nitrogens is 2. The fraction of sp³-hybridized carbons (Fsp3) is 0.300. The Hall–Kier alpha value is -0.803. The van der Waals surface area contributed by atoms with Gasteiger partial charge in [0.2, 0.25) is 0 Å². The molecule has 0 aliphatic carbocycles. The molecule has 0 spiro atoms. The van der Waals surface area contributed by atoms with E-state index < -0.39 is 8.24 Å². The summed E-state index contributed by atoms with van der Waals surface area (Å²) >= 11 is 6.14. The fourth-order valence-electron chi connectivity index (χ4n) is 1.63. The highest BCUT2D eigenvalue weighted by atomic mass is 35.5. The van der Waals surface area contributed by atoms with E-state index in [2.05, 4.69) is 34.9 Å². The number of nitrogens with zero attached hydrogens (tertiary/aromatic N) is 2. The van der Waals surface area contributed by atoms with Crippen LogP contribution in [0.4, 0.5) is 0 Å². The molecular formula is C10H13ClN2Si. The van der Waals surface area contributed by atoms with Crippen molar-refractivity contribution in [2.24, 2.45) is 0 Å². The average molecular weight is 225 g/mol. The first kappa shape index (κ1) is 9.74. The summed E-state index contributed by atoms with van der Waals surface area (Å²) in [5.74, 6) is 0. The van der Waals surface area contributed by atoms with Gasteiger partial charge >= 0.3 is 0 Å². The molecule has 0 bridgehead atoms. The van der Waals surface area contributed by atoms with Crippen LogP contribution in [0.3, 0.4) is 0 Å². The van der Waals surface area contributed by atoms with E-state index in [0.717, 1.165) is 11.0 Å². The summed E-state index contributed by atoms with van der Waals surface area (Å²) in [5, 5.41) is 0.616. The van der Waals surface area contributed by atoms with Crippen LogP contribution in [0.5, 0.6) is 0 Å². The Balaban J connectivity index is 2.81. The van der Waals surface area contributed by atoms with Crippen LogP contribution >= 0.6 is 11.6 Å². The molecule has 2 rings (SSSR count). The first-order valence-electron chi connectivity index (χ1n) is 4.63. The number of imidazole rings is 1. The lowest BCUT2D eigenvalue weighted by atomic mass is 10.3. The van der Waals surface area contributed by atoms with Crippen molar-refractivity contribution in [3.8, 4) is 0 Å². The SMILES string of the molecule is C[Si](C)(C)n1c(Cl)nc2ccccc21. The van der Waals surface area contributed by atoms with Crippen molar-refractivity contribution in [2.45, 2.75) is 19.6 Å². The quantitative estimate of drug-likeness (QED) is 0.680. The van der Waals surface area contributed by atoms with Crippen LogP contribution in [0.2, 0.25) is 24.9 Å². The number of halogens is 1. The van der Waals surface area contributed by atoms with Gasteiger partial charge in [-0.3, -0.25) is 0 Å². The maximum Gasteiger partial charge on any atom is 0.195 e. The molecule has 0 unspecified atom stereocenters. The molecule has 1 aromatic heterocycles. The first-order valence-corrected chi connectivity index (χ1v) is 8.46. The number of benzene rings is 1. The van der Waals surface area contributed by atoms with Gasteiger partial charge in [-0.1, -0.05) is 31.8 Å². The normalized spacial score (nSPS) is 12.3. The summed E-state index contributed by atoms with van der Waals surface area (Å²) in [6.45, 7) is 6.77. The molecule has 0 aliphatic heterocycles. The molecule has 0 radical (unpaired) electrons. The van der Waals surface area contributed by atoms with Gasteiger partial charge in [0.05, 0.1) is 11.0 Å². The van der Waals surface area contributed by atoms with Crippen molar-refractivity contribution < 1.29 is 0 Å². The number of fused-ring (bicyclic) bond motifs is 1. The molecule has 2 nitrogen and oxygen atoms in total. The summed E-state index contributed by atoms with van der Waals surface area (Å²) < 4.78 is 2.18. The van der Waals surface area contributed by atoms with Crippen LogP contribution in [0.1, 0.15) is 0 Å². The fourth-order valence-corrected chi connectivity index (χ4v) is 4.09. The Bertz CT molecular complexity index is 470. The number of para-hydroxylation sites is 2. The number of hydrogen-bond acceptors (Lipinski definition) is 1. The molecular weight excluding hydrogens is 212 g/mol. The topological polar surface area (TPSA) is 17.8 Å². The molecule has 0 saturated carbocycles.